The summed E-state index contributed by atoms with van der Waals surface area (Å²) in [6.45, 7) is 1.94. The second kappa shape index (κ2) is 5.40. The van der Waals surface area contributed by atoms with Gasteiger partial charge in [0.2, 0.25) is 11.8 Å². The minimum absolute atomic E-state index is 0.0624. The summed E-state index contributed by atoms with van der Waals surface area (Å²) in [4.78, 5) is 26.5. The minimum atomic E-state index is -0.391. The molecule has 102 valence electrons. The highest BCUT2D eigenvalue weighted by Crippen LogP contribution is 2.18. The van der Waals surface area contributed by atoms with Gasteiger partial charge in [-0.25, -0.2) is 0 Å². The van der Waals surface area contributed by atoms with E-state index in [1.807, 2.05) is 24.3 Å². The van der Waals surface area contributed by atoms with Gasteiger partial charge >= 0.3 is 0 Å². The summed E-state index contributed by atoms with van der Waals surface area (Å²) in [5.74, 6) is -0.141. The van der Waals surface area contributed by atoms with Crippen LogP contribution in [0.3, 0.4) is 0 Å². The number of hydrogen-bond donors (Lipinski definition) is 1. The number of aliphatic hydroxyl groups is 1. The van der Waals surface area contributed by atoms with Crippen LogP contribution in [0.25, 0.3) is 0 Å². The first-order valence-corrected chi connectivity index (χ1v) is 6.28. The number of piperazine rings is 1. The Kier molecular flexibility index (Phi) is 3.85. The summed E-state index contributed by atoms with van der Waals surface area (Å²) < 4.78 is 0. The molecule has 0 aromatic heterocycles. The number of anilines is 1. The fraction of sp³-hybridized carbons (Fsp3) is 0.429. The smallest absolute Gasteiger partial charge is 0.247 e. The van der Waals surface area contributed by atoms with Gasteiger partial charge in [0.1, 0.15) is 6.54 Å². The molecule has 1 unspecified atom stereocenters. The Morgan fingerprint density at radius 3 is 2.37 bits per heavy atom. The number of carbonyl (C=O) groups excluding carboxylic acids is 2. The summed E-state index contributed by atoms with van der Waals surface area (Å²) in [6, 6.07) is 7.37. The molecule has 1 aliphatic rings. The van der Waals surface area contributed by atoms with Gasteiger partial charge in [-0.3, -0.25) is 9.59 Å². The van der Waals surface area contributed by atoms with E-state index in [1.54, 1.807) is 14.0 Å². The molecule has 5 nitrogen and oxygen atoms in total. The van der Waals surface area contributed by atoms with Gasteiger partial charge in [0.05, 0.1) is 12.6 Å². The number of carbonyl (C=O) groups is 2. The maximum atomic E-state index is 11.9. The van der Waals surface area contributed by atoms with E-state index >= 15 is 0 Å². The SMILES string of the molecule is CC(O)Cc1ccc(N2CC(=O)N(C)CC2=O)cc1. The van der Waals surface area contributed by atoms with Crippen molar-refractivity contribution in [3.8, 4) is 0 Å². The van der Waals surface area contributed by atoms with E-state index in [9.17, 15) is 14.7 Å². The quantitative estimate of drug-likeness (QED) is 0.858. The molecule has 1 aromatic carbocycles. The Hall–Kier alpha value is -1.88. The molecule has 1 saturated heterocycles. The zero-order valence-corrected chi connectivity index (χ0v) is 11.2. The van der Waals surface area contributed by atoms with Crippen LogP contribution in [0.2, 0.25) is 0 Å². The monoisotopic (exact) mass is 262 g/mol. The molecule has 5 heteroatoms. The molecule has 0 radical (unpaired) electrons. The summed E-state index contributed by atoms with van der Waals surface area (Å²) in [6.07, 6.45) is 0.188. The zero-order valence-electron chi connectivity index (χ0n) is 11.2. The number of likely N-dealkylation sites (N-methyl/N-ethyl adjacent to an activating group) is 1. The summed E-state index contributed by atoms with van der Waals surface area (Å²) >= 11 is 0. The van der Waals surface area contributed by atoms with Gasteiger partial charge in [0, 0.05) is 12.7 Å². The third-order valence-electron chi connectivity index (χ3n) is 3.17. The first-order chi connectivity index (χ1) is 8.97. The van der Waals surface area contributed by atoms with E-state index in [-0.39, 0.29) is 24.9 Å². The highest BCUT2D eigenvalue weighted by molar-refractivity contribution is 6.04. The molecule has 19 heavy (non-hydrogen) atoms. The lowest BCUT2D eigenvalue weighted by molar-refractivity contribution is -0.136. The van der Waals surface area contributed by atoms with Crippen LogP contribution in [0.15, 0.2) is 24.3 Å². The number of amides is 2. The third kappa shape index (κ3) is 3.12. The Morgan fingerprint density at radius 1 is 1.16 bits per heavy atom. The van der Waals surface area contributed by atoms with Crippen LogP contribution in [0.1, 0.15) is 12.5 Å². The molecule has 1 heterocycles. The van der Waals surface area contributed by atoms with Gasteiger partial charge < -0.3 is 14.9 Å². The molecule has 1 fully saturated rings. The predicted molar refractivity (Wildman–Crippen MR) is 71.8 cm³/mol. The van der Waals surface area contributed by atoms with Gasteiger partial charge in [0.25, 0.3) is 0 Å². The molecule has 1 aromatic rings. The zero-order chi connectivity index (χ0) is 14.0. The van der Waals surface area contributed by atoms with Crippen molar-refractivity contribution < 1.29 is 14.7 Å². The minimum Gasteiger partial charge on any atom is -0.393 e. The molecule has 2 rings (SSSR count). The van der Waals surface area contributed by atoms with E-state index in [1.165, 1.54) is 9.80 Å². The normalized spacial score (nSPS) is 17.8. The lowest BCUT2D eigenvalue weighted by Crippen LogP contribution is -2.52. The molecule has 0 saturated carbocycles. The van der Waals surface area contributed by atoms with Crippen LogP contribution in [0, 0.1) is 0 Å². The van der Waals surface area contributed by atoms with Crippen molar-refractivity contribution in [2.75, 3.05) is 25.0 Å². The molecule has 0 spiro atoms. The summed E-state index contributed by atoms with van der Waals surface area (Å²) in [7, 11) is 1.63. The van der Waals surface area contributed by atoms with Gasteiger partial charge in [0.15, 0.2) is 0 Å². The van der Waals surface area contributed by atoms with Crippen molar-refractivity contribution >= 4 is 17.5 Å². The molecule has 1 aliphatic heterocycles. The van der Waals surface area contributed by atoms with Crippen LogP contribution < -0.4 is 4.90 Å². The largest absolute Gasteiger partial charge is 0.393 e. The Labute approximate surface area is 112 Å². The fourth-order valence-electron chi connectivity index (χ4n) is 2.11. The second-order valence-corrected chi connectivity index (χ2v) is 4.95. The average molecular weight is 262 g/mol. The molecular weight excluding hydrogens is 244 g/mol. The fourth-order valence-corrected chi connectivity index (χ4v) is 2.11. The first kappa shape index (κ1) is 13.5. The summed E-state index contributed by atoms with van der Waals surface area (Å²) in [5, 5.41) is 9.32. The van der Waals surface area contributed by atoms with Crippen LogP contribution >= 0.6 is 0 Å². The van der Waals surface area contributed by atoms with Crippen LogP contribution in [-0.4, -0.2) is 48.1 Å². The van der Waals surface area contributed by atoms with E-state index in [0.29, 0.717) is 6.42 Å². The molecule has 0 bridgehead atoms. The van der Waals surface area contributed by atoms with Crippen molar-refractivity contribution in [3.63, 3.8) is 0 Å². The lowest BCUT2D eigenvalue weighted by atomic mass is 10.1. The number of hydrogen-bond acceptors (Lipinski definition) is 3. The molecule has 1 N–H and O–H groups in total. The van der Waals surface area contributed by atoms with Crippen molar-refractivity contribution in [3.05, 3.63) is 29.8 Å². The number of benzene rings is 1. The van der Waals surface area contributed by atoms with Crippen molar-refractivity contribution in [1.82, 2.24) is 4.90 Å². The van der Waals surface area contributed by atoms with Crippen molar-refractivity contribution in [2.24, 2.45) is 0 Å². The Balaban J connectivity index is 2.13. The first-order valence-electron chi connectivity index (χ1n) is 6.28. The van der Waals surface area contributed by atoms with E-state index < -0.39 is 6.10 Å². The highest BCUT2D eigenvalue weighted by atomic mass is 16.3. The maximum absolute atomic E-state index is 11.9. The van der Waals surface area contributed by atoms with Gasteiger partial charge in [-0.15, -0.1) is 0 Å². The van der Waals surface area contributed by atoms with Crippen molar-refractivity contribution in [2.45, 2.75) is 19.4 Å². The van der Waals surface area contributed by atoms with E-state index in [4.69, 9.17) is 0 Å². The number of rotatable bonds is 3. The molecule has 0 aliphatic carbocycles. The van der Waals surface area contributed by atoms with Gasteiger partial charge in [-0.1, -0.05) is 12.1 Å². The van der Waals surface area contributed by atoms with Crippen LogP contribution in [-0.2, 0) is 16.0 Å². The molecular formula is C14H18N2O3. The maximum Gasteiger partial charge on any atom is 0.247 e. The van der Waals surface area contributed by atoms with Crippen LogP contribution in [0.4, 0.5) is 5.69 Å². The highest BCUT2D eigenvalue weighted by Gasteiger charge is 2.28. The number of nitrogens with zero attached hydrogens (tertiary/aromatic N) is 2. The topological polar surface area (TPSA) is 60.9 Å². The van der Waals surface area contributed by atoms with Gasteiger partial charge in [-0.05, 0) is 31.0 Å². The standard InChI is InChI=1S/C14H18N2O3/c1-10(17)7-11-3-5-12(6-4-11)16-9-13(18)15(2)8-14(16)19/h3-6,10,17H,7-9H2,1-2H3. The lowest BCUT2D eigenvalue weighted by Gasteiger charge is -2.31. The average Bonchev–Trinajstić information content (AvgIpc) is 2.34. The molecule has 1 atom stereocenters. The predicted octanol–water partition coefficient (Wildman–Crippen LogP) is 0.415. The number of aliphatic hydroxyl groups excluding tert-OH is 1. The molecule has 2 amide bonds. The van der Waals surface area contributed by atoms with E-state index in [2.05, 4.69) is 0 Å². The Morgan fingerprint density at radius 2 is 1.79 bits per heavy atom. The van der Waals surface area contributed by atoms with Crippen LogP contribution in [0.5, 0.6) is 0 Å². The van der Waals surface area contributed by atoms with Crippen molar-refractivity contribution in [1.29, 1.82) is 0 Å². The Bertz CT molecular complexity index is 482. The van der Waals surface area contributed by atoms with Gasteiger partial charge in [-0.2, -0.15) is 0 Å². The van der Waals surface area contributed by atoms with E-state index in [0.717, 1.165) is 11.3 Å². The third-order valence-corrected chi connectivity index (χ3v) is 3.17. The second-order valence-electron chi connectivity index (χ2n) is 4.95. The summed E-state index contributed by atoms with van der Waals surface area (Å²) in [5.41, 5.74) is 1.73.